The third-order valence-electron chi connectivity index (χ3n) is 4.35. The summed E-state index contributed by atoms with van der Waals surface area (Å²) in [4.78, 5) is 36.5. The number of amides is 1. The third kappa shape index (κ3) is 4.50. The van der Waals surface area contributed by atoms with Crippen molar-refractivity contribution in [3.8, 4) is 0 Å². The minimum absolute atomic E-state index is 0.242. The van der Waals surface area contributed by atoms with Gasteiger partial charge in [-0.05, 0) is 30.7 Å². The van der Waals surface area contributed by atoms with Crippen LogP contribution in [0.5, 0.6) is 0 Å². The molecule has 2 aromatic rings. The number of morpholine rings is 1. The molecule has 0 saturated carbocycles. The summed E-state index contributed by atoms with van der Waals surface area (Å²) in [6.45, 7) is 4.61. The summed E-state index contributed by atoms with van der Waals surface area (Å²) in [5.74, 6) is -0.431. The first kappa shape index (κ1) is 18.6. The van der Waals surface area contributed by atoms with Crippen LogP contribution in [0.25, 0.3) is 0 Å². The van der Waals surface area contributed by atoms with E-state index in [2.05, 4.69) is 10.2 Å². The number of ether oxygens (including phenoxy) is 1. The molecule has 1 N–H and O–H groups in total. The van der Waals surface area contributed by atoms with E-state index >= 15 is 0 Å². The largest absolute Gasteiger partial charge is 0.378 e. The van der Waals surface area contributed by atoms with Gasteiger partial charge in [0.05, 0.1) is 24.3 Å². The molecule has 142 valence electrons. The summed E-state index contributed by atoms with van der Waals surface area (Å²) in [6, 6.07) is 7.92. The zero-order valence-electron chi connectivity index (χ0n) is 14.9. The lowest BCUT2D eigenvalue weighted by Gasteiger charge is -2.29. The number of pyridine rings is 1. The van der Waals surface area contributed by atoms with Gasteiger partial charge >= 0.3 is 0 Å². The second kappa shape index (κ2) is 8.00. The Kier molecular flexibility index (Phi) is 5.51. The maximum Gasteiger partial charge on any atom is 0.285 e. The number of hydrogen-bond donors (Lipinski definition) is 1. The molecule has 3 rings (SSSR count). The van der Waals surface area contributed by atoms with Gasteiger partial charge in [0.2, 0.25) is 5.91 Å². The van der Waals surface area contributed by atoms with Crippen LogP contribution in [0.4, 0.5) is 17.1 Å². The van der Waals surface area contributed by atoms with E-state index in [0.717, 1.165) is 47.2 Å². The number of nitrogens with zero attached hydrogens (tertiary/aromatic N) is 3. The summed E-state index contributed by atoms with van der Waals surface area (Å²) >= 11 is 0. The Hall–Kier alpha value is -3.20. The van der Waals surface area contributed by atoms with Gasteiger partial charge in [0.25, 0.3) is 11.2 Å². The molecule has 0 atom stereocenters. The van der Waals surface area contributed by atoms with Crippen molar-refractivity contribution in [2.45, 2.75) is 13.5 Å². The fraction of sp³-hybridized carbons (Fsp3) is 0.333. The van der Waals surface area contributed by atoms with Crippen LogP contribution in [0, 0.1) is 17.0 Å². The first-order chi connectivity index (χ1) is 12.9. The number of benzene rings is 1. The Morgan fingerprint density at radius 1 is 1.26 bits per heavy atom. The highest BCUT2D eigenvalue weighted by Gasteiger charge is 2.14. The summed E-state index contributed by atoms with van der Waals surface area (Å²) in [5, 5.41) is 13.6. The topological polar surface area (TPSA) is 107 Å². The second-order valence-electron chi connectivity index (χ2n) is 6.26. The Balaban J connectivity index is 1.70. The smallest absolute Gasteiger partial charge is 0.285 e. The van der Waals surface area contributed by atoms with Gasteiger partial charge in [-0.15, -0.1) is 0 Å². The highest BCUT2D eigenvalue weighted by Crippen LogP contribution is 2.23. The monoisotopic (exact) mass is 372 g/mol. The molecule has 0 unspecified atom stereocenters. The SMILES string of the molecule is Cc1cc(N2CCOCC2)ccc1NC(=O)Cn1cc([N+](=O)[O-])ccc1=O. The molecule has 1 aromatic heterocycles. The van der Waals surface area contributed by atoms with Gasteiger partial charge in [0.15, 0.2) is 0 Å². The van der Waals surface area contributed by atoms with Crippen LogP contribution in [0.3, 0.4) is 0 Å². The van der Waals surface area contributed by atoms with Gasteiger partial charge < -0.3 is 15.0 Å². The molecule has 0 spiro atoms. The van der Waals surface area contributed by atoms with E-state index in [-0.39, 0.29) is 12.2 Å². The highest BCUT2D eigenvalue weighted by molar-refractivity contribution is 5.91. The van der Waals surface area contributed by atoms with Crippen LogP contribution in [-0.4, -0.2) is 41.7 Å². The van der Waals surface area contributed by atoms with Crippen LogP contribution in [0.2, 0.25) is 0 Å². The predicted molar refractivity (Wildman–Crippen MR) is 100 cm³/mol. The second-order valence-corrected chi connectivity index (χ2v) is 6.26. The van der Waals surface area contributed by atoms with E-state index in [1.165, 1.54) is 0 Å². The molecule has 0 aliphatic carbocycles. The molecule has 1 aromatic carbocycles. The molecule has 0 bridgehead atoms. The van der Waals surface area contributed by atoms with E-state index in [1.54, 1.807) is 0 Å². The summed E-state index contributed by atoms with van der Waals surface area (Å²) < 4.78 is 6.37. The molecule has 1 aliphatic rings. The number of hydrogen-bond acceptors (Lipinski definition) is 6. The number of nitrogens with one attached hydrogen (secondary N) is 1. The average Bonchev–Trinajstić information content (AvgIpc) is 2.65. The number of carbonyl (C=O) groups excluding carboxylic acids is 1. The van der Waals surface area contributed by atoms with E-state index in [9.17, 15) is 19.7 Å². The Morgan fingerprint density at radius 3 is 2.67 bits per heavy atom. The zero-order valence-corrected chi connectivity index (χ0v) is 14.9. The highest BCUT2D eigenvalue weighted by atomic mass is 16.6. The third-order valence-corrected chi connectivity index (χ3v) is 4.35. The fourth-order valence-corrected chi connectivity index (χ4v) is 2.90. The standard InChI is InChI=1S/C18H20N4O5/c1-13-10-14(20-6-8-27-9-7-20)2-4-16(13)19-17(23)12-21-11-15(22(25)26)3-5-18(21)24/h2-5,10-11H,6-9,12H2,1H3,(H,19,23). The summed E-state index contributed by atoms with van der Waals surface area (Å²) in [7, 11) is 0. The predicted octanol–water partition coefficient (Wildman–Crippen LogP) is 1.54. The quantitative estimate of drug-likeness (QED) is 0.630. The number of anilines is 2. The van der Waals surface area contributed by atoms with Gasteiger partial charge in [-0.25, -0.2) is 0 Å². The van der Waals surface area contributed by atoms with Crippen LogP contribution in [0.15, 0.2) is 41.3 Å². The lowest BCUT2D eigenvalue weighted by Crippen LogP contribution is -2.36. The molecule has 9 nitrogen and oxygen atoms in total. The average molecular weight is 372 g/mol. The van der Waals surface area contributed by atoms with E-state index in [4.69, 9.17) is 4.74 Å². The van der Waals surface area contributed by atoms with Gasteiger partial charge in [-0.3, -0.25) is 24.3 Å². The normalized spacial score (nSPS) is 14.0. The molecule has 1 amide bonds. The lowest BCUT2D eigenvalue weighted by molar-refractivity contribution is -0.385. The van der Waals surface area contributed by atoms with Gasteiger partial charge in [-0.2, -0.15) is 0 Å². The van der Waals surface area contributed by atoms with E-state index < -0.39 is 16.4 Å². The maximum absolute atomic E-state index is 12.3. The lowest BCUT2D eigenvalue weighted by atomic mass is 10.1. The fourth-order valence-electron chi connectivity index (χ4n) is 2.90. The van der Waals surface area contributed by atoms with Crippen molar-refractivity contribution in [2.75, 3.05) is 36.5 Å². The van der Waals surface area contributed by atoms with Crippen LogP contribution in [-0.2, 0) is 16.1 Å². The Labute approximate surface area is 155 Å². The van der Waals surface area contributed by atoms with Crippen LogP contribution >= 0.6 is 0 Å². The molecular formula is C18H20N4O5. The van der Waals surface area contributed by atoms with Crippen molar-refractivity contribution >= 4 is 23.0 Å². The van der Waals surface area contributed by atoms with Crippen molar-refractivity contribution in [2.24, 2.45) is 0 Å². The first-order valence-corrected chi connectivity index (χ1v) is 8.52. The number of aromatic nitrogens is 1. The van der Waals surface area contributed by atoms with Crippen LogP contribution < -0.4 is 15.8 Å². The summed E-state index contributed by atoms with van der Waals surface area (Å²) in [5.41, 5.74) is 1.86. The van der Waals surface area contributed by atoms with Crippen LogP contribution in [0.1, 0.15) is 5.56 Å². The van der Waals surface area contributed by atoms with Crippen molar-refractivity contribution in [3.05, 3.63) is 62.6 Å². The number of nitro groups is 1. The molecule has 0 radical (unpaired) electrons. The summed E-state index contributed by atoms with van der Waals surface area (Å²) in [6.07, 6.45) is 1.07. The number of aryl methyl sites for hydroxylation is 1. The van der Waals surface area contributed by atoms with E-state index in [0.29, 0.717) is 18.9 Å². The molecule has 1 aliphatic heterocycles. The molecule has 1 fully saturated rings. The van der Waals surface area contributed by atoms with Gasteiger partial charge in [0.1, 0.15) is 6.54 Å². The molecule has 1 saturated heterocycles. The van der Waals surface area contributed by atoms with Crippen molar-refractivity contribution in [3.63, 3.8) is 0 Å². The molecule has 27 heavy (non-hydrogen) atoms. The van der Waals surface area contributed by atoms with Crippen molar-refractivity contribution in [1.29, 1.82) is 0 Å². The Bertz CT molecular complexity index is 918. The molecule has 9 heteroatoms. The minimum Gasteiger partial charge on any atom is -0.378 e. The Morgan fingerprint density at radius 2 is 2.00 bits per heavy atom. The maximum atomic E-state index is 12.3. The van der Waals surface area contributed by atoms with Crippen molar-refractivity contribution in [1.82, 2.24) is 4.57 Å². The van der Waals surface area contributed by atoms with Gasteiger partial charge in [-0.1, -0.05) is 0 Å². The van der Waals surface area contributed by atoms with Gasteiger partial charge in [0, 0.05) is 36.6 Å². The van der Waals surface area contributed by atoms with E-state index in [1.807, 2.05) is 25.1 Å². The molecule has 2 heterocycles. The first-order valence-electron chi connectivity index (χ1n) is 8.52. The number of rotatable bonds is 5. The van der Waals surface area contributed by atoms with Crippen molar-refractivity contribution < 1.29 is 14.5 Å². The molecular weight excluding hydrogens is 352 g/mol. The minimum atomic E-state index is -0.609. The zero-order chi connectivity index (χ0) is 19.4. The number of carbonyl (C=O) groups is 1.